The van der Waals surface area contributed by atoms with Gasteiger partial charge in [0.2, 0.25) is 0 Å². The lowest BCUT2D eigenvalue weighted by Gasteiger charge is -2.22. The molecule has 1 aliphatic rings. The van der Waals surface area contributed by atoms with Gasteiger partial charge in [0, 0.05) is 19.2 Å². The van der Waals surface area contributed by atoms with Crippen molar-refractivity contribution in [2.75, 3.05) is 23.3 Å². The van der Waals surface area contributed by atoms with E-state index in [1.807, 2.05) is 13.0 Å². The third kappa shape index (κ3) is 3.82. The van der Waals surface area contributed by atoms with E-state index in [0.29, 0.717) is 17.3 Å². The molecule has 126 valence electrons. The molecule has 0 unspecified atom stereocenters. The summed E-state index contributed by atoms with van der Waals surface area (Å²) < 4.78 is 0. The molecule has 1 aromatic carbocycles. The van der Waals surface area contributed by atoms with Gasteiger partial charge in [-0.3, -0.25) is 0 Å². The average Bonchev–Trinajstić information content (AvgIpc) is 2.84. The Balaban J connectivity index is 1.88. The summed E-state index contributed by atoms with van der Waals surface area (Å²) in [7, 11) is 0. The first-order valence-electron chi connectivity index (χ1n) is 8.33. The van der Waals surface area contributed by atoms with Gasteiger partial charge in [-0.1, -0.05) is 25.0 Å². The van der Waals surface area contributed by atoms with E-state index in [-0.39, 0.29) is 5.56 Å². The second kappa shape index (κ2) is 7.29. The molecule has 1 saturated heterocycles. The predicted molar refractivity (Wildman–Crippen MR) is 94.1 cm³/mol. The largest absolute Gasteiger partial charge is 0.478 e. The second-order valence-corrected chi connectivity index (χ2v) is 6.04. The zero-order chi connectivity index (χ0) is 16.9. The van der Waals surface area contributed by atoms with Gasteiger partial charge < -0.3 is 15.3 Å². The van der Waals surface area contributed by atoms with E-state index in [1.165, 1.54) is 25.7 Å². The van der Waals surface area contributed by atoms with Crippen LogP contribution in [-0.4, -0.2) is 34.1 Å². The number of aromatic carboxylic acids is 1. The molecular weight excluding hydrogens is 304 g/mol. The third-order valence-corrected chi connectivity index (χ3v) is 4.17. The summed E-state index contributed by atoms with van der Waals surface area (Å²) in [6, 6.07) is 8.74. The van der Waals surface area contributed by atoms with Crippen molar-refractivity contribution in [2.45, 2.75) is 32.6 Å². The Labute approximate surface area is 141 Å². The number of hydrogen-bond donors (Lipinski definition) is 2. The zero-order valence-electron chi connectivity index (χ0n) is 13.8. The molecule has 0 spiro atoms. The number of carboxylic acids is 1. The standard InChI is InChI=1S/C18H22N4O2/c1-13-19-16(21-15-9-5-4-8-14(15)18(23)24)12-17(20-13)22-10-6-2-3-7-11-22/h4-5,8-9,12H,2-3,6-7,10-11H2,1H3,(H,23,24)(H,19,20,21). The van der Waals surface area contributed by atoms with Gasteiger partial charge in [-0.05, 0) is 31.9 Å². The van der Waals surface area contributed by atoms with Crippen LogP contribution in [0.2, 0.25) is 0 Å². The number of para-hydroxylation sites is 1. The third-order valence-electron chi connectivity index (χ3n) is 4.17. The van der Waals surface area contributed by atoms with Crippen molar-refractivity contribution in [1.29, 1.82) is 0 Å². The normalized spacial score (nSPS) is 15.0. The molecule has 6 nitrogen and oxygen atoms in total. The summed E-state index contributed by atoms with van der Waals surface area (Å²) in [6.07, 6.45) is 4.87. The summed E-state index contributed by atoms with van der Waals surface area (Å²) in [5, 5.41) is 12.4. The summed E-state index contributed by atoms with van der Waals surface area (Å²) in [5.41, 5.74) is 0.759. The quantitative estimate of drug-likeness (QED) is 0.893. The van der Waals surface area contributed by atoms with E-state index < -0.39 is 5.97 Å². The fraction of sp³-hybridized carbons (Fsp3) is 0.389. The maximum Gasteiger partial charge on any atom is 0.337 e. The minimum absolute atomic E-state index is 0.227. The molecule has 0 bridgehead atoms. The zero-order valence-corrected chi connectivity index (χ0v) is 13.8. The van der Waals surface area contributed by atoms with Crippen LogP contribution >= 0.6 is 0 Å². The Morgan fingerprint density at radius 1 is 1.12 bits per heavy atom. The van der Waals surface area contributed by atoms with Gasteiger partial charge in [-0.15, -0.1) is 0 Å². The molecule has 2 N–H and O–H groups in total. The summed E-state index contributed by atoms with van der Waals surface area (Å²) in [6.45, 7) is 3.86. The molecule has 2 aromatic rings. The van der Waals surface area contributed by atoms with Crippen LogP contribution in [0.1, 0.15) is 41.9 Å². The molecule has 24 heavy (non-hydrogen) atoms. The number of nitrogens with zero attached hydrogens (tertiary/aromatic N) is 3. The van der Waals surface area contributed by atoms with Crippen molar-refractivity contribution in [3.63, 3.8) is 0 Å². The summed E-state index contributed by atoms with van der Waals surface area (Å²) >= 11 is 0. The van der Waals surface area contributed by atoms with Gasteiger partial charge in [-0.2, -0.15) is 0 Å². The van der Waals surface area contributed by atoms with Crippen LogP contribution in [0.25, 0.3) is 0 Å². The van der Waals surface area contributed by atoms with Crippen molar-refractivity contribution in [3.8, 4) is 0 Å². The minimum atomic E-state index is -0.961. The minimum Gasteiger partial charge on any atom is -0.478 e. The van der Waals surface area contributed by atoms with E-state index in [0.717, 1.165) is 18.9 Å². The fourth-order valence-corrected chi connectivity index (χ4v) is 2.99. The Morgan fingerprint density at radius 2 is 1.83 bits per heavy atom. The smallest absolute Gasteiger partial charge is 0.337 e. The lowest BCUT2D eigenvalue weighted by atomic mass is 10.2. The molecular formula is C18H22N4O2. The van der Waals surface area contributed by atoms with Crippen LogP contribution in [0.15, 0.2) is 30.3 Å². The number of hydrogen-bond acceptors (Lipinski definition) is 5. The Hall–Kier alpha value is -2.63. The van der Waals surface area contributed by atoms with E-state index in [9.17, 15) is 9.90 Å². The van der Waals surface area contributed by atoms with Gasteiger partial charge in [0.1, 0.15) is 17.5 Å². The molecule has 6 heteroatoms. The van der Waals surface area contributed by atoms with Crippen molar-refractivity contribution < 1.29 is 9.90 Å². The number of aryl methyl sites for hydroxylation is 1. The van der Waals surface area contributed by atoms with Crippen LogP contribution in [-0.2, 0) is 0 Å². The number of nitrogens with one attached hydrogen (secondary N) is 1. The number of aromatic nitrogens is 2. The molecule has 1 aliphatic heterocycles. The predicted octanol–water partition coefficient (Wildman–Crippen LogP) is 3.61. The maximum atomic E-state index is 11.4. The molecule has 3 rings (SSSR count). The number of rotatable bonds is 4. The molecule has 0 saturated carbocycles. The van der Waals surface area contributed by atoms with Crippen molar-refractivity contribution >= 4 is 23.3 Å². The number of carbonyl (C=O) groups is 1. The van der Waals surface area contributed by atoms with Crippen LogP contribution in [0.3, 0.4) is 0 Å². The van der Waals surface area contributed by atoms with Crippen LogP contribution in [0.5, 0.6) is 0 Å². The number of benzene rings is 1. The number of anilines is 3. The van der Waals surface area contributed by atoms with E-state index >= 15 is 0 Å². The molecule has 0 aliphatic carbocycles. The fourth-order valence-electron chi connectivity index (χ4n) is 2.99. The van der Waals surface area contributed by atoms with Gasteiger partial charge in [0.15, 0.2) is 0 Å². The topological polar surface area (TPSA) is 78.3 Å². The second-order valence-electron chi connectivity index (χ2n) is 6.04. The maximum absolute atomic E-state index is 11.4. The molecule has 1 aromatic heterocycles. The van der Waals surface area contributed by atoms with Crippen molar-refractivity contribution in [1.82, 2.24) is 9.97 Å². The van der Waals surface area contributed by atoms with E-state index in [2.05, 4.69) is 20.2 Å². The highest BCUT2D eigenvalue weighted by molar-refractivity contribution is 5.95. The van der Waals surface area contributed by atoms with Crippen LogP contribution in [0.4, 0.5) is 17.3 Å². The monoisotopic (exact) mass is 326 g/mol. The highest BCUT2D eigenvalue weighted by Crippen LogP contribution is 2.24. The molecule has 0 amide bonds. The molecule has 0 radical (unpaired) electrons. The van der Waals surface area contributed by atoms with Crippen LogP contribution in [0, 0.1) is 6.92 Å². The Bertz CT molecular complexity index is 725. The van der Waals surface area contributed by atoms with E-state index in [4.69, 9.17) is 0 Å². The lowest BCUT2D eigenvalue weighted by Crippen LogP contribution is -2.25. The molecule has 1 fully saturated rings. The first-order chi connectivity index (χ1) is 11.6. The lowest BCUT2D eigenvalue weighted by molar-refractivity contribution is 0.0698. The van der Waals surface area contributed by atoms with Crippen molar-refractivity contribution in [2.24, 2.45) is 0 Å². The summed E-state index contributed by atoms with van der Waals surface area (Å²) in [5.74, 6) is 1.24. The Morgan fingerprint density at radius 3 is 2.54 bits per heavy atom. The van der Waals surface area contributed by atoms with Gasteiger partial charge in [-0.25, -0.2) is 14.8 Å². The highest BCUT2D eigenvalue weighted by Gasteiger charge is 2.14. The van der Waals surface area contributed by atoms with Crippen molar-refractivity contribution in [3.05, 3.63) is 41.7 Å². The highest BCUT2D eigenvalue weighted by atomic mass is 16.4. The van der Waals surface area contributed by atoms with Gasteiger partial charge in [0.25, 0.3) is 0 Å². The molecule has 2 heterocycles. The SMILES string of the molecule is Cc1nc(Nc2ccccc2C(=O)O)cc(N2CCCCCC2)n1. The number of carboxylic acid groups (broad SMARTS) is 1. The van der Waals surface area contributed by atoms with Crippen LogP contribution < -0.4 is 10.2 Å². The van der Waals surface area contributed by atoms with E-state index in [1.54, 1.807) is 24.3 Å². The Kier molecular flexibility index (Phi) is 4.93. The van der Waals surface area contributed by atoms with Gasteiger partial charge >= 0.3 is 5.97 Å². The van der Waals surface area contributed by atoms with Gasteiger partial charge in [0.05, 0.1) is 11.3 Å². The first kappa shape index (κ1) is 16.2. The first-order valence-corrected chi connectivity index (χ1v) is 8.33. The molecule has 0 atom stereocenters. The summed E-state index contributed by atoms with van der Waals surface area (Å²) in [4.78, 5) is 22.6. The average molecular weight is 326 g/mol.